The van der Waals surface area contributed by atoms with E-state index in [1.165, 1.54) is 19.3 Å². The molecule has 98 valence electrons. The Hall–Kier alpha value is -1.64. The number of carbonyl (C=O) groups is 1. The average Bonchev–Trinajstić information content (AvgIpc) is 2.70. The Morgan fingerprint density at radius 2 is 1.84 bits per heavy atom. The van der Waals surface area contributed by atoms with E-state index in [0.717, 1.165) is 35.9 Å². The van der Waals surface area contributed by atoms with E-state index in [2.05, 4.69) is 4.99 Å². The fraction of sp³-hybridized carbons (Fsp3) is 0.500. The second-order valence-electron chi connectivity index (χ2n) is 6.02. The lowest BCUT2D eigenvalue weighted by Gasteiger charge is -2.28. The predicted molar refractivity (Wildman–Crippen MR) is 72.6 cm³/mol. The lowest BCUT2D eigenvalue weighted by atomic mass is 9.87. The van der Waals surface area contributed by atoms with Crippen LogP contribution in [0.4, 0.5) is 5.69 Å². The normalized spacial score (nSPS) is 31.2. The van der Waals surface area contributed by atoms with Crippen LogP contribution in [0.2, 0.25) is 0 Å². The molecule has 2 atom stereocenters. The van der Waals surface area contributed by atoms with Crippen LogP contribution in [0, 0.1) is 11.8 Å². The highest BCUT2D eigenvalue weighted by Crippen LogP contribution is 2.43. The van der Waals surface area contributed by atoms with Gasteiger partial charge in [0.2, 0.25) is 0 Å². The van der Waals surface area contributed by atoms with Gasteiger partial charge in [0.25, 0.3) is 0 Å². The van der Waals surface area contributed by atoms with Crippen LogP contribution in [-0.2, 0) is 9.53 Å². The van der Waals surface area contributed by atoms with Crippen LogP contribution in [0.5, 0.6) is 0 Å². The maximum absolute atomic E-state index is 12.1. The summed E-state index contributed by atoms with van der Waals surface area (Å²) in [6, 6.07) is 7.72. The Labute approximate surface area is 112 Å². The van der Waals surface area contributed by atoms with Crippen molar-refractivity contribution in [1.29, 1.82) is 0 Å². The molecule has 0 N–H and O–H groups in total. The Morgan fingerprint density at radius 3 is 2.58 bits per heavy atom. The quantitative estimate of drug-likeness (QED) is 0.761. The molecule has 0 radical (unpaired) electrons. The summed E-state index contributed by atoms with van der Waals surface area (Å²) in [5.41, 5.74) is 2.35. The van der Waals surface area contributed by atoms with Gasteiger partial charge in [-0.2, -0.15) is 0 Å². The van der Waals surface area contributed by atoms with Gasteiger partial charge in [-0.05, 0) is 37.2 Å². The summed E-state index contributed by atoms with van der Waals surface area (Å²) in [5.74, 6) is 1.34. The smallest absolute Gasteiger partial charge is 0.357 e. The SMILES string of the molecule is O=C(OC1CC2CCC(C2)C1)C1=Nc2ccccc21. The summed E-state index contributed by atoms with van der Waals surface area (Å²) < 4.78 is 5.66. The Bertz CT molecular complexity index is 552. The molecule has 0 aromatic heterocycles. The van der Waals surface area contributed by atoms with Gasteiger partial charge in [-0.3, -0.25) is 0 Å². The van der Waals surface area contributed by atoms with Crippen molar-refractivity contribution >= 4 is 17.4 Å². The van der Waals surface area contributed by atoms with Crippen LogP contribution >= 0.6 is 0 Å². The topological polar surface area (TPSA) is 38.7 Å². The van der Waals surface area contributed by atoms with Gasteiger partial charge in [0, 0.05) is 5.56 Å². The second-order valence-corrected chi connectivity index (χ2v) is 6.02. The van der Waals surface area contributed by atoms with Gasteiger partial charge >= 0.3 is 5.97 Å². The molecule has 4 rings (SSSR count). The molecule has 0 amide bonds. The fourth-order valence-electron chi connectivity index (χ4n) is 3.80. The largest absolute Gasteiger partial charge is 0.458 e. The van der Waals surface area contributed by atoms with Crippen LogP contribution in [0.1, 0.15) is 37.7 Å². The lowest BCUT2D eigenvalue weighted by Crippen LogP contribution is -2.31. The lowest BCUT2D eigenvalue weighted by molar-refractivity contribution is -0.143. The van der Waals surface area contributed by atoms with E-state index in [1.54, 1.807) is 0 Å². The second kappa shape index (κ2) is 4.19. The molecule has 0 saturated heterocycles. The number of nitrogens with zero attached hydrogens (tertiary/aromatic N) is 1. The minimum atomic E-state index is -0.231. The summed E-state index contributed by atoms with van der Waals surface area (Å²) in [6.07, 6.45) is 6.21. The molecule has 1 aromatic carbocycles. The van der Waals surface area contributed by atoms with E-state index in [1.807, 2.05) is 24.3 Å². The molecule has 3 nitrogen and oxygen atoms in total. The molecule has 1 heterocycles. The summed E-state index contributed by atoms with van der Waals surface area (Å²) in [7, 11) is 0. The molecule has 0 spiro atoms. The van der Waals surface area contributed by atoms with E-state index in [0.29, 0.717) is 5.71 Å². The van der Waals surface area contributed by atoms with E-state index >= 15 is 0 Å². The minimum Gasteiger partial charge on any atom is -0.458 e. The van der Waals surface area contributed by atoms with Crippen molar-refractivity contribution in [3.63, 3.8) is 0 Å². The zero-order valence-corrected chi connectivity index (χ0v) is 10.8. The molecule has 1 aliphatic heterocycles. The van der Waals surface area contributed by atoms with Crippen molar-refractivity contribution in [2.75, 3.05) is 0 Å². The van der Waals surface area contributed by atoms with Crippen LogP contribution in [0.25, 0.3) is 0 Å². The molecule has 2 unspecified atom stereocenters. The number of rotatable bonds is 2. The zero-order chi connectivity index (χ0) is 12.8. The van der Waals surface area contributed by atoms with Gasteiger partial charge in [0.05, 0.1) is 5.69 Å². The zero-order valence-electron chi connectivity index (χ0n) is 10.8. The third-order valence-electron chi connectivity index (χ3n) is 4.70. The fourth-order valence-corrected chi connectivity index (χ4v) is 3.80. The summed E-state index contributed by atoms with van der Waals surface area (Å²) in [5, 5.41) is 0. The number of benzene rings is 1. The number of hydrogen-bond acceptors (Lipinski definition) is 3. The highest BCUT2D eigenvalue weighted by atomic mass is 16.5. The highest BCUT2D eigenvalue weighted by molar-refractivity contribution is 6.47. The van der Waals surface area contributed by atoms with Crippen molar-refractivity contribution in [2.45, 2.75) is 38.2 Å². The highest BCUT2D eigenvalue weighted by Gasteiger charge is 2.37. The maximum Gasteiger partial charge on any atom is 0.357 e. The Balaban J connectivity index is 1.43. The first-order valence-corrected chi connectivity index (χ1v) is 7.18. The summed E-state index contributed by atoms with van der Waals surface area (Å²) >= 11 is 0. The first-order chi connectivity index (χ1) is 9.29. The number of aliphatic imine (C=N–C) groups is 1. The van der Waals surface area contributed by atoms with Crippen LogP contribution < -0.4 is 0 Å². The van der Waals surface area contributed by atoms with Gasteiger partial charge < -0.3 is 4.74 Å². The minimum absolute atomic E-state index is 0.120. The maximum atomic E-state index is 12.1. The molecule has 19 heavy (non-hydrogen) atoms. The van der Waals surface area contributed by atoms with Gasteiger partial charge in [0.15, 0.2) is 5.71 Å². The van der Waals surface area contributed by atoms with E-state index in [-0.39, 0.29) is 12.1 Å². The number of fused-ring (bicyclic) bond motifs is 3. The van der Waals surface area contributed by atoms with Crippen LogP contribution in [0.15, 0.2) is 29.3 Å². The third-order valence-corrected chi connectivity index (χ3v) is 4.70. The van der Waals surface area contributed by atoms with Crippen molar-refractivity contribution in [2.24, 2.45) is 16.8 Å². The van der Waals surface area contributed by atoms with Gasteiger partial charge in [0.1, 0.15) is 6.10 Å². The van der Waals surface area contributed by atoms with Crippen molar-refractivity contribution in [1.82, 2.24) is 0 Å². The number of carbonyl (C=O) groups excluding carboxylic acids is 1. The monoisotopic (exact) mass is 255 g/mol. The molecule has 2 saturated carbocycles. The predicted octanol–water partition coefficient (Wildman–Crippen LogP) is 3.24. The number of para-hydroxylation sites is 1. The van der Waals surface area contributed by atoms with Crippen molar-refractivity contribution < 1.29 is 9.53 Å². The number of ether oxygens (including phenoxy) is 1. The number of hydrogen-bond donors (Lipinski definition) is 0. The van der Waals surface area contributed by atoms with Crippen LogP contribution in [0.3, 0.4) is 0 Å². The molecule has 3 heteroatoms. The number of esters is 1. The summed E-state index contributed by atoms with van der Waals surface area (Å²) in [4.78, 5) is 16.4. The van der Waals surface area contributed by atoms with E-state index in [9.17, 15) is 4.79 Å². The Kier molecular flexibility index (Phi) is 2.47. The molecular weight excluding hydrogens is 238 g/mol. The van der Waals surface area contributed by atoms with Gasteiger partial charge in [-0.1, -0.05) is 31.0 Å². The molecule has 1 aromatic rings. The average molecular weight is 255 g/mol. The summed E-state index contributed by atoms with van der Waals surface area (Å²) in [6.45, 7) is 0. The van der Waals surface area contributed by atoms with E-state index in [4.69, 9.17) is 4.74 Å². The van der Waals surface area contributed by atoms with Crippen molar-refractivity contribution in [3.8, 4) is 0 Å². The van der Waals surface area contributed by atoms with Gasteiger partial charge in [-0.25, -0.2) is 9.79 Å². The van der Waals surface area contributed by atoms with E-state index < -0.39 is 0 Å². The molecule has 2 fully saturated rings. The molecular formula is C16H17NO2. The standard InChI is InChI=1S/C16H17NO2/c18-16(15-13-3-1-2-4-14(13)17-15)19-12-8-10-5-6-11(7-10)9-12/h1-4,10-12H,5-9H2. The van der Waals surface area contributed by atoms with Crippen LogP contribution in [-0.4, -0.2) is 17.8 Å². The van der Waals surface area contributed by atoms with Gasteiger partial charge in [-0.15, -0.1) is 0 Å². The van der Waals surface area contributed by atoms with Crippen molar-refractivity contribution in [3.05, 3.63) is 29.8 Å². The first kappa shape index (κ1) is 11.2. The first-order valence-electron chi connectivity index (χ1n) is 7.18. The molecule has 2 bridgehead atoms. The Morgan fingerprint density at radius 1 is 1.11 bits per heavy atom. The molecule has 2 aliphatic carbocycles. The third kappa shape index (κ3) is 1.88. The molecule has 3 aliphatic rings.